The third kappa shape index (κ3) is 3.68. The number of esters is 1. The lowest BCUT2D eigenvalue weighted by molar-refractivity contribution is -0.164. The summed E-state index contributed by atoms with van der Waals surface area (Å²) in [6.07, 6.45) is 5.66. The molecule has 4 nitrogen and oxygen atoms in total. The molecule has 0 unspecified atom stereocenters. The van der Waals surface area contributed by atoms with Gasteiger partial charge in [-0.05, 0) is 25.7 Å². The zero-order valence-electron chi connectivity index (χ0n) is 10.7. The maximum atomic E-state index is 11.3. The van der Waals surface area contributed by atoms with Gasteiger partial charge in [0.25, 0.3) is 0 Å². The maximum absolute atomic E-state index is 11.3. The van der Waals surface area contributed by atoms with Crippen molar-refractivity contribution in [3.05, 3.63) is 0 Å². The molecule has 17 heavy (non-hydrogen) atoms. The van der Waals surface area contributed by atoms with E-state index in [2.05, 4.69) is 4.90 Å². The molecular weight excluding hydrogens is 218 g/mol. The molecule has 2 fully saturated rings. The van der Waals surface area contributed by atoms with Gasteiger partial charge in [0.15, 0.2) is 0 Å². The predicted molar refractivity (Wildman–Crippen MR) is 64.8 cm³/mol. The molecule has 0 spiro atoms. The monoisotopic (exact) mass is 241 g/mol. The smallest absolute Gasteiger partial charge is 0.303 e. The van der Waals surface area contributed by atoms with Gasteiger partial charge in [0, 0.05) is 26.6 Å². The maximum Gasteiger partial charge on any atom is 0.303 e. The third-order valence-corrected chi connectivity index (χ3v) is 3.74. The summed E-state index contributed by atoms with van der Waals surface area (Å²) in [5, 5.41) is 0. The summed E-state index contributed by atoms with van der Waals surface area (Å²) >= 11 is 0. The van der Waals surface area contributed by atoms with E-state index in [1.807, 2.05) is 0 Å². The number of hydrogen-bond acceptors (Lipinski definition) is 4. The van der Waals surface area contributed by atoms with Crippen molar-refractivity contribution in [2.24, 2.45) is 0 Å². The molecule has 0 radical (unpaired) electrons. The molecule has 0 amide bonds. The molecule has 0 atom stereocenters. The van der Waals surface area contributed by atoms with E-state index in [0.29, 0.717) is 0 Å². The Balaban J connectivity index is 1.95. The quantitative estimate of drug-likeness (QED) is 0.703. The van der Waals surface area contributed by atoms with Gasteiger partial charge < -0.3 is 9.47 Å². The zero-order chi connectivity index (χ0) is 12.1. The highest BCUT2D eigenvalue weighted by Crippen LogP contribution is 2.32. The molecule has 1 aliphatic heterocycles. The molecule has 1 aliphatic carbocycles. The van der Waals surface area contributed by atoms with Gasteiger partial charge in [-0.1, -0.05) is 6.42 Å². The van der Waals surface area contributed by atoms with Crippen LogP contribution in [0.25, 0.3) is 0 Å². The first-order valence-corrected chi connectivity index (χ1v) is 6.70. The Bertz CT molecular complexity index is 255. The van der Waals surface area contributed by atoms with Crippen molar-refractivity contribution in [1.82, 2.24) is 4.90 Å². The van der Waals surface area contributed by atoms with E-state index in [4.69, 9.17) is 9.47 Å². The van der Waals surface area contributed by atoms with Crippen LogP contribution in [0.1, 0.15) is 39.0 Å². The molecule has 2 aliphatic rings. The normalized spacial score (nSPS) is 25.5. The van der Waals surface area contributed by atoms with E-state index in [9.17, 15) is 4.79 Å². The molecule has 98 valence electrons. The van der Waals surface area contributed by atoms with Crippen LogP contribution in [0.5, 0.6) is 0 Å². The highest BCUT2D eigenvalue weighted by molar-refractivity contribution is 5.66. The molecule has 0 bridgehead atoms. The van der Waals surface area contributed by atoms with E-state index >= 15 is 0 Å². The summed E-state index contributed by atoms with van der Waals surface area (Å²) in [4.78, 5) is 13.7. The number of nitrogens with zero attached hydrogens (tertiary/aromatic N) is 1. The number of hydrogen-bond donors (Lipinski definition) is 0. The minimum atomic E-state index is -0.221. The average Bonchev–Trinajstić information content (AvgIpc) is 2.30. The fraction of sp³-hybridized carbons (Fsp3) is 0.923. The van der Waals surface area contributed by atoms with Crippen LogP contribution in [0.2, 0.25) is 0 Å². The number of carbonyl (C=O) groups is 1. The number of rotatable bonds is 3. The van der Waals surface area contributed by atoms with E-state index in [-0.39, 0.29) is 11.6 Å². The second-order valence-corrected chi connectivity index (χ2v) is 5.23. The fourth-order valence-corrected chi connectivity index (χ4v) is 2.96. The summed E-state index contributed by atoms with van der Waals surface area (Å²) in [7, 11) is 0. The summed E-state index contributed by atoms with van der Waals surface area (Å²) in [6.45, 7) is 5.93. The van der Waals surface area contributed by atoms with Gasteiger partial charge in [-0.25, -0.2) is 0 Å². The topological polar surface area (TPSA) is 38.8 Å². The molecule has 0 aromatic rings. The first-order chi connectivity index (χ1) is 8.20. The van der Waals surface area contributed by atoms with Gasteiger partial charge in [-0.3, -0.25) is 9.69 Å². The van der Waals surface area contributed by atoms with Gasteiger partial charge in [-0.15, -0.1) is 0 Å². The Kier molecular flexibility index (Phi) is 4.40. The molecule has 0 N–H and O–H groups in total. The Morgan fingerprint density at radius 2 is 1.88 bits per heavy atom. The van der Waals surface area contributed by atoms with E-state index in [0.717, 1.165) is 45.7 Å². The minimum Gasteiger partial charge on any atom is -0.458 e. The van der Waals surface area contributed by atoms with Crippen molar-refractivity contribution in [2.75, 3.05) is 32.8 Å². The summed E-state index contributed by atoms with van der Waals surface area (Å²) in [5.74, 6) is -0.139. The van der Waals surface area contributed by atoms with Gasteiger partial charge in [0.1, 0.15) is 5.60 Å². The molecule has 1 saturated heterocycles. The summed E-state index contributed by atoms with van der Waals surface area (Å²) in [5.41, 5.74) is -0.221. The highest BCUT2D eigenvalue weighted by Gasteiger charge is 2.37. The van der Waals surface area contributed by atoms with Crippen molar-refractivity contribution in [1.29, 1.82) is 0 Å². The number of ether oxygens (including phenoxy) is 2. The second kappa shape index (κ2) is 5.83. The molecule has 0 aromatic carbocycles. The van der Waals surface area contributed by atoms with Crippen molar-refractivity contribution in [3.63, 3.8) is 0 Å². The van der Waals surface area contributed by atoms with Gasteiger partial charge in [0.2, 0.25) is 0 Å². The van der Waals surface area contributed by atoms with E-state index < -0.39 is 0 Å². The number of morpholine rings is 1. The molecule has 0 aromatic heterocycles. The molecule has 2 rings (SSSR count). The lowest BCUT2D eigenvalue weighted by Crippen LogP contribution is -2.50. The van der Waals surface area contributed by atoms with Gasteiger partial charge in [0.05, 0.1) is 13.2 Å². The third-order valence-electron chi connectivity index (χ3n) is 3.74. The van der Waals surface area contributed by atoms with Crippen molar-refractivity contribution < 1.29 is 14.3 Å². The highest BCUT2D eigenvalue weighted by atomic mass is 16.6. The summed E-state index contributed by atoms with van der Waals surface area (Å²) in [6, 6.07) is 0. The van der Waals surface area contributed by atoms with Crippen LogP contribution in [0.3, 0.4) is 0 Å². The zero-order valence-corrected chi connectivity index (χ0v) is 10.7. The van der Waals surface area contributed by atoms with Crippen LogP contribution in [0.15, 0.2) is 0 Å². The predicted octanol–water partition coefficient (Wildman–Crippen LogP) is 1.58. The Morgan fingerprint density at radius 1 is 1.24 bits per heavy atom. The average molecular weight is 241 g/mol. The Hall–Kier alpha value is -0.610. The lowest BCUT2D eigenvalue weighted by Gasteiger charge is -2.41. The molecule has 1 heterocycles. The standard InChI is InChI=1S/C13H23NO3/c1-12(15)17-13(5-3-2-4-6-13)11-14-7-9-16-10-8-14/h2-11H2,1H3. The second-order valence-electron chi connectivity index (χ2n) is 5.23. The van der Waals surface area contributed by atoms with E-state index in [1.54, 1.807) is 0 Å². The van der Waals surface area contributed by atoms with Crippen LogP contribution < -0.4 is 0 Å². The Morgan fingerprint density at radius 3 is 2.47 bits per heavy atom. The van der Waals surface area contributed by atoms with Crippen LogP contribution in [0, 0.1) is 0 Å². The van der Waals surface area contributed by atoms with Gasteiger partial charge >= 0.3 is 5.97 Å². The van der Waals surface area contributed by atoms with Crippen molar-refractivity contribution in [2.45, 2.75) is 44.6 Å². The number of carbonyl (C=O) groups excluding carboxylic acids is 1. The SMILES string of the molecule is CC(=O)OC1(CN2CCOCC2)CCCCC1. The minimum absolute atomic E-state index is 0.139. The van der Waals surface area contributed by atoms with Crippen molar-refractivity contribution >= 4 is 5.97 Å². The molecule has 4 heteroatoms. The van der Waals surface area contributed by atoms with E-state index in [1.165, 1.54) is 26.2 Å². The first kappa shape index (κ1) is 12.8. The largest absolute Gasteiger partial charge is 0.458 e. The van der Waals surface area contributed by atoms with Crippen LogP contribution >= 0.6 is 0 Å². The molecular formula is C13H23NO3. The molecule has 1 saturated carbocycles. The Labute approximate surface area is 103 Å². The van der Waals surface area contributed by atoms with Crippen LogP contribution in [0.4, 0.5) is 0 Å². The van der Waals surface area contributed by atoms with Crippen LogP contribution in [-0.4, -0.2) is 49.3 Å². The van der Waals surface area contributed by atoms with Gasteiger partial charge in [-0.2, -0.15) is 0 Å². The van der Waals surface area contributed by atoms with Crippen molar-refractivity contribution in [3.8, 4) is 0 Å². The lowest BCUT2D eigenvalue weighted by atomic mass is 9.84. The first-order valence-electron chi connectivity index (χ1n) is 6.70. The summed E-state index contributed by atoms with van der Waals surface area (Å²) < 4.78 is 11.0. The fourth-order valence-electron chi connectivity index (χ4n) is 2.96. The van der Waals surface area contributed by atoms with Crippen LogP contribution in [-0.2, 0) is 14.3 Å².